The minimum Gasteiger partial charge on any atom is -0.378 e. The number of aryl methyl sites for hydroxylation is 1. The van der Waals surface area contributed by atoms with Crippen molar-refractivity contribution in [3.63, 3.8) is 0 Å². The summed E-state index contributed by atoms with van der Waals surface area (Å²) in [7, 11) is 3.87. The van der Waals surface area contributed by atoms with Crippen molar-refractivity contribution < 1.29 is 9.59 Å². The van der Waals surface area contributed by atoms with Crippen LogP contribution in [0.4, 0.5) is 17.1 Å². The molecule has 2 rings (SSSR count). The normalized spacial score (nSPS) is 9.95. The Hall–Kier alpha value is -2.82. The maximum atomic E-state index is 11.9. The summed E-state index contributed by atoms with van der Waals surface area (Å²) in [6, 6.07) is 14.5. The van der Waals surface area contributed by atoms with E-state index >= 15 is 0 Å². The lowest BCUT2D eigenvalue weighted by Gasteiger charge is -2.13. The van der Waals surface area contributed by atoms with Crippen LogP contribution in [-0.4, -0.2) is 25.9 Å². The number of carbonyl (C=O) groups excluding carboxylic acids is 2. The van der Waals surface area contributed by atoms with Gasteiger partial charge in [-0.05, 0) is 48.9 Å². The van der Waals surface area contributed by atoms with E-state index in [-0.39, 0.29) is 0 Å². The van der Waals surface area contributed by atoms with E-state index in [1.165, 1.54) is 0 Å². The van der Waals surface area contributed by atoms with Gasteiger partial charge in [0.1, 0.15) is 0 Å². The highest BCUT2D eigenvalue weighted by atomic mass is 16.2. The first-order valence-corrected chi connectivity index (χ1v) is 6.92. The second-order valence-electron chi connectivity index (χ2n) is 5.22. The summed E-state index contributed by atoms with van der Waals surface area (Å²) in [4.78, 5) is 25.7. The zero-order valence-corrected chi connectivity index (χ0v) is 12.9. The lowest BCUT2D eigenvalue weighted by Crippen LogP contribution is -2.29. The van der Waals surface area contributed by atoms with Gasteiger partial charge in [0.15, 0.2) is 0 Å². The van der Waals surface area contributed by atoms with Crippen LogP contribution in [0, 0.1) is 6.92 Å². The van der Waals surface area contributed by atoms with E-state index in [2.05, 4.69) is 10.6 Å². The molecule has 0 fully saturated rings. The van der Waals surface area contributed by atoms with Crippen molar-refractivity contribution in [2.75, 3.05) is 29.6 Å². The molecule has 5 nitrogen and oxygen atoms in total. The van der Waals surface area contributed by atoms with Crippen LogP contribution in [0.5, 0.6) is 0 Å². The molecule has 114 valence electrons. The van der Waals surface area contributed by atoms with Crippen molar-refractivity contribution in [3.8, 4) is 0 Å². The Bertz CT molecular complexity index is 679. The van der Waals surface area contributed by atoms with Crippen LogP contribution in [0.25, 0.3) is 0 Å². The minimum absolute atomic E-state index is 0.579. The van der Waals surface area contributed by atoms with Gasteiger partial charge in [-0.15, -0.1) is 0 Å². The molecule has 2 amide bonds. The molecule has 0 radical (unpaired) electrons. The van der Waals surface area contributed by atoms with Crippen molar-refractivity contribution in [1.82, 2.24) is 0 Å². The van der Waals surface area contributed by atoms with Gasteiger partial charge in [0.05, 0.1) is 0 Å². The first kappa shape index (κ1) is 15.6. The Kier molecular flexibility index (Phi) is 4.78. The molecule has 0 bridgehead atoms. The molecule has 0 unspecified atom stereocenters. The minimum atomic E-state index is -0.695. The number of carbonyl (C=O) groups is 2. The maximum absolute atomic E-state index is 11.9. The molecular formula is C17H19N3O2. The molecule has 0 saturated carbocycles. The third-order valence-electron chi connectivity index (χ3n) is 3.12. The van der Waals surface area contributed by atoms with Crippen LogP contribution in [0.3, 0.4) is 0 Å². The van der Waals surface area contributed by atoms with E-state index in [1.54, 1.807) is 24.3 Å². The fourth-order valence-electron chi connectivity index (χ4n) is 1.94. The standard InChI is InChI=1S/C17H19N3O2/c1-12-5-4-6-14(11-12)19-17(22)16(21)18-13-7-9-15(10-8-13)20(2)3/h4-11H,1-3H3,(H,18,21)(H,19,22). The van der Waals surface area contributed by atoms with Crippen LogP contribution in [0.15, 0.2) is 48.5 Å². The molecule has 0 spiro atoms. The molecule has 0 aliphatic rings. The van der Waals surface area contributed by atoms with Crippen molar-refractivity contribution in [2.24, 2.45) is 0 Å². The summed E-state index contributed by atoms with van der Waals surface area (Å²) in [6.45, 7) is 1.92. The average Bonchev–Trinajstić information content (AvgIpc) is 2.47. The van der Waals surface area contributed by atoms with E-state index in [1.807, 2.05) is 50.2 Å². The smallest absolute Gasteiger partial charge is 0.314 e. The summed E-state index contributed by atoms with van der Waals surface area (Å²) in [5.74, 6) is -1.39. The molecule has 0 heterocycles. The molecule has 2 aromatic carbocycles. The molecule has 0 aromatic heterocycles. The van der Waals surface area contributed by atoms with E-state index < -0.39 is 11.8 Å². The highest BCUT2D eigenvalue weighted by molar-refractivity contribution is 6.43. The molecule has 0 aliphatic carbocycles. The zero-order chi connectivity index (χ0) is 16.1. The number of nitrogens with zero attached hydrogens (tertiary/aromatic N) is 1. The highest BCUT2D eigenvalue weighted by Gasteiger charge is 2.14. The fraction of sp³-hybridized carbons (Fsp3) is 0.176. The topological polar surface area (TPSA) is 61.4 Å². The number of hydrogen-bond acceptors (Lipinski definition) is 3. The number of anilines is 3. The molecule has 2 N–H and O–H groups in total. The van der Waals surface area contributed by atoms with Gasteiger partial charge in [-0.3, -0.25) is 9.59 Å². The van der Waals surface area contributed by atoms with Crippen LogP contribution >= 0.6 is 0 Å². The number of amides is 2. The fourth-order valence-corrected chi connectivity index (χ4v) is 1.94. The van der Waals surface area contributed by atoms with Crippen LogP contribution in [0.2, 0.25) is 0 Å². The molecule has 0 atom stereocenters. The summed E-state index contributed by atoms with van der Waals surface area (Å²) in [5, 5.41) is 5.15. The van der Waals surface area contributed by atoms with Gasteiger partial charge < -0.3 is 15.5 Å². The number of rotatable bonds is 3. The monoisotopic (exact) mass is 297 g/mol. The van der Waals surface area contributed by atoms with E-state index in [0.29, 0.717) is 11.4 Å². The third-order valence-corrected chi connectivity index (χ3v) is 3.12. The Morgan fingerprint density at radius 3 is 2.00 bits per heavy atom. The first-order chi connectivity index (χ1) is 10.5. The van der Waals surface area contributed by atoms with Crippen molar-refractivity contribution in [1.29, 1.82) is 0 Å². The van der Waals surface area contributed by atoms with Crippen LogP contribution in [-0.2, 0) is 9.59 Å². The second-order valence-corrected chi connectivity index (χ2v) is 5.22. The SMILES string of the molecule is Cc1cccc(NC(=O)C(=O)Nc2ccc(N(C)C)cc2)c1. The van der Waals surface area contributed by atoms with Gasteiger partial charge in [-0.1, -0.05) is 12.1 Å². The lowest BCUT2D eigenvalue weighted by atomic mass is 10.2. The molecule has 0 saturated heterocycles. The van der Waals surface area contributed by atoms with Gasteiger partial charge in [-0.2, -0.15) is 0 Å². The predicted molar refractivity (Wildman–Crippen MR) is 89.2 cm³/mol. The number of hydrogen-bond donors (Lipinski definition) is 2. The third kappa shape index (κ3) is 4.09. The predicted octanol–water partition coefficient (Wildman–Crippen LogP) is 2.64. The second kappa shape index (κ2) is 6.76. The van der Waals surface area contributed by atoms with E-state index in [0.717, 1.165) is 11.3 Å². The molecule has 22 heavy (non-hydrogen) atoms. The first-order valence-electron chi connectivity index (χ1n) is 6.92. The largest absolute Gasteiger partial charge is 0.378 e. The average molecular weight is 297 g/mol. The Balaban J connectivity index is 1.98. The lowest BCUT2D eigenvalue weighted by molar-refractivity contribution is -0.132. The Labute approximate surface area is 129 Å². The van der Waals surface area contributed by atoms with Gasteiger partial charge in [-0.25, -0.2) is 0 Å². The Morgan fingerprint density at radius 1 is 0.864 bits per heavy atom. The number of benzene rings is 2. The van der Waals surface area contributed by atoms with E-state index in [4.69, 9.17) is 0 Å². The summed E-state index contributed by atoms with van der Waals surface area (Å²) < 4.78 is 0. The summed E-state index contributed by atoms with van der Waals surface area (Å²) >= 11 is 0. The van der Waals surface area contributed by atoms with Gasteiger partial charge in [0.2, 0.25) is 0 Å². The zero-order valence-electron chi connectivity index (χ0n) is 12.9. The van der Waals surface area contributed by atoms with Gasteiger partial charge in [0, 0.05) is 31.2 Å². The van der Waals surface area contributed by atoms with Gasteiger partial charge in [0.25, 0.3) is 0 Å². The highest BCUT2D eigenvalue weighted by Crippen LogP contribution is 2.16. The van der Waals surface area contributed by atoms with Crippen molar-refractivity contribution in [3.05, 3.63) is 54.1 Å². The van der Waals surface area contributed by atoms with Crippen LogP contribution < -0.4 is 15.5 Å². The molecule has 2 aromatic rings. The Morgan fingerprint density at radius 2 is 1.45 bits per heavy atom. The van der Waals surface area contributed by atoms with Crippen molar-refractivity contribution >= 4 is 28.9 Å². The molecule has 0 aliphatic heterocycles. The summed E-state index contributed by atoms with van der Waals surface area (Å²) in [6.07, 6.45) is 0. The summed E-state index contributed by atoms with van der Waals surface area (Å²) in [5.41, 5.74) is 3.21. The van der Waals surface area contributed by atoms with Crippen molar-refractivity contribution in [2.45, 2.75) is 6.92 Å². The van der Waals surface area contributed by atoms with E-state index in [9.17, 15) is 9.59 Å². The maximum Gasteiger partial charge on any atom is 0.314 e. The molecule has 5 heteroatoms. The quantitative estimate of drug-likeness (QED) is 0.856. The number of nitrogens with one attached hydrogen (secondary N) is 2. The van der Waals surface area contributed by atoms with Crippen LogP contribution in [0.1, 0.15) is 5.56 Å². The van der Waals surface area contributed by atoms with Gasteiger partial charge >= 0.3 is 11.8 Å². The molecular weight excluding hydrogens is 278 g/mol.